The lowest BCUT2D eigenvalue weighted by Crippen LogP contribution is -2.39. The van der Waals surface area contributed by atoms with Gasteiger partial charge in [-0.05, 0) is 37.3 Å². The summed E-state index contributed by atoms with van der Waals surface area (Å²) in [5, 5.41) is 7.60. The van der Waals surface area contributed by atoms with Crippen LogP contribution in [0.25, 0.3) is 0 Å². The smallest absolute Gasteiger partial charge is 0.313 e. The molecular formula is C18H18ClN3O4. The predicted molar refractivity (Wildman–Crippen MR) is 99.5 cm³/mol. The number of nitrogens with one attached hydrogen (secondary N) is 3. The van der Waals surface area contributed by atoms with Gasteiger partial charge in [0, 0.05) is 11.4 Å². The Hall–Kier alpha value is -3.06. The maximum Gasteiger partial charge on any atom is 0.313 e. The van der Waals surface area contributed by atoms with E-state index in [9.17, 15) is 14.4 Å². The molecule has 0 bridgehead atoms. The summed E-state index contributed by atoms with van der Waals surface area (Å²) in [6.45, 7) is 1.55. The number of amides is 3. The van der Waals surface area contributed by atoms with Crippen LogP contribution in [-0.4, -0.2) is 31.4 Å². The zero-order chi connectivity index (χ0) is 19.1. The molecule has 0 spiro atoms. The van der Waals surface area contributed by atoms with Gasteiger partial charge >= 0.3 is 11.8 Å². The summed E-state index contributed by atoms with van der Waals surface area (Å²) < 4.78 is 5.02. The highest BCUT2D eigenvalue weighted by Crippen LogP contribution is 2.27. The Bertz CT molecular complexity index is 822. The first kappa shape index (κ1) is 19.3. The molecule has 2 aromatic rings. The Labute approximate surface area is 155 Å². The van der Waals surface area contributed by atoms with Crippen molar-refractivity contribution >= 4 is 40.7 Å². The normalized spacial score (nSPS) is 9.96. The molecule has 0 unspecified atom stereocenters. The van der Waals surface area contributed by atoms with Crippen LogP contribution in [0.5, 0.6) is 5.75 Å². The van der Waals surface area contributed by atoms with E-state index >= 15 is 0 Å². The van der Waals surface area contributed by atoms with Gasteiger partial charge in [0.2, 0.25) is 5.91 Å². The van der Waals surface area contributed by atoms with Gasteiger partial charge in [0.15, 0.2) is 0 Å². The fourth-order valence-corrected chi connectivity index (χ4v) is 2.27. The molecule has 0 atom stereocenters. The number of hydrogen-bond acceptors (Lipinski definition) is 4. The van der Waals surface area contributed by atoms with Crippen molar-refractivity contribution in [2.45, 2.75) is 6.92 Å². The summed E-state index contributed by atoms with van der Waals surface area (Å²) in [6, 6.07) is 11.7. The highest BCUT2D eigenvalue weighted by molar-refractivity contribution is 6.40. The van der Waals surface area contributed by atoms with Crippen LogP contribution in [0.4, 0.5) is 11.4 Å². The van der Waals surface area contributed by atoms with E-state index in [1.54, 1.807) is 36.4 Å². The second-order valence-electron chi connectivity index (χ2n) is 5.40. The lowest BCUT2D eigenvalue weighted by molar-refractivity contribution is -0.136. The minimum Gasteiger partial charge on any atom is -0.495 e. The van der Waals surface area contributed by atoms with Gasteiger partial charge in [-0.2, -0.15) is 0 Å². The fourth-order valence-electron chi connectivity index (χ4n) is 2.01. The molecule has 0 aliphatic rings. The number of hydrogen-bond donors (Lipinski definition) is 3. The van der Waals surface area contributed by atoms with E-state index in [4.69, 9.17) is 16.3 Å². The van der Waals surface area contributed by atoms with Crippen molar-refractivity contribution < 1.29 is 19.1 Å². The summed E-state index contributed by atoms with van der Waals surface area (Å²) in [5.74, 6) is -1.78. The van der Waals surface area contributed by atoms with Crippen LogP contribution in [0.15, 0.2) is 42.5 Å². The third-order valence-electron chi connectivity index (χ3n) is 3.36. The largest absolute Gasteiger partial charge is 0.495 e. The first-order valence-corrected chi connectivity index (χ1v) is 8.06. The summed E-state index contributed by atoms with van der Waals surface area (Å²) >= 11 is 5.97. The molecule has 7 nitrogen and oxygen atoms in total. The van der Waals surface area contributed by atoms with Crippen LogP contribution >= 0.6 is 11.6 Å². The first-order chi connectivity index (χ1) is 12.4. The maximum absolute atomic E-state index is 11.9. The molecule has 26 heavy (non-hydrogen) atoms. The number of carbonyl (C=O) groups excluding carboxylic acids is 3. The van der Waals surface area contributed by atoms with E-state index in [0.717, 1.165) is 5.56 Å². The molecule has 0 radical (unpaired) electrons. The summed E-state index contributed by atoms with van der Waals surface area (Å²) in [5.41, 5.74) is 1.97. The number of aryl methyl sites for hydroxylation is 1. The van der Waals surface area contributed by atoms with Crippen LogP contribution in [0, 0.1) is 6.92 Å². The number of methoxy groups -OCH3 is 1. The molecule has 0 saturated carbocycles. The van der Waals surface area contributed by atoms with E-state index in [2.05, 4.69) is 16.0 Å². The zero-order valence-electron chi connectivity index (χ0n) is 14.3. The Morgan fingerprint density at radius 1 is 0.962 bits per heavy atom. The van der Waals surface area contributed by atoms with Crippen molar-refractivity contribution in [1.29, 1.82) is 0 Å². The van der Waals surface area contributed by atoms with Crippen LogP contribution in [0.3, 0.4) is 0 Å². The van der Waals surface area contributed by atoms with Crippen molar-refractivity contribution in [1.82, 2.24) is 5.32 Å². The Morgan fingerprint density at radius 2 is 1.62 bits per heavy atom. The first-order valence-electron chi connectivity index (χ1n) is 7.68. The SMILES string of the molecule is COc1ccc(NC(=O)CNC(=O)C(=O)Nc2ccc(C)cc2)cc1Cl. The molecule has 2 rings (SSSR count). The second kappa shape index (κ2) is 8.87. The number of anilines is 2. The molecule has 0 aliphatic carbocycles. The maximum atomic E-state index is 11.9. The fraction of sp³-hybridized carbons (Fsp3) is 0.167. The van der Waals surface area contributed by atoms with Gasteiger partial charge in [0.25, 0.3) is 0 Å². The Kier molecular flexibility index (Phi) is 6.57. The van der Waals surface area contributed by atoms with Gasteiger partial charge < -0.3 is 20.7 Å². The molecule has 0 saturated heterocycles. The number of benzene rings is 2. The minimum atomic E-state index is -0.909. The molecule has 0 fully saturated rings. The monoisotopic (exact) mass is 375 g/mol. The number of halogens is 1. The molecule has 136 valence electrons. The number of rotatable bonds is 5. The van der Waals surface area contributed by atoms with Gasteiger partial charge in [-0.25, -0.2) is 0 Å². The molecule has 8 heteroatoms. The summed E-state index contributed by atoms with van der Waals surface area (Å²) in [4.78, 5) is 35.4. The van der Waals surface area contributed by atoms with Gasteiger partial charge in [-0.1, -0.05) is 29.3 Å². The summed E-state index contributed by atoms with van der Waals surface area (Å²) in [6.07, 6.45) is 0. The quantitative estimate of drug-likeness (QED) is 0.699. The number of carbonyl (C=O) groups is 3. The Morgan fingerprint density at radius 3 is 2.23 bits per heavy atom. The van der Waals surface area contributed by atoms with Crippen molar-refractivity contribution in [3.63, 3.8) is 0 Å². The Balaban J connectivity index is 1.82. The van der Waals surface area contributed by atoms with Crippen LogP contribution in [-0.2, 0) is 14.4 Å². The van der Waals surface area contributed by atoms with Crippen LogP contribution in [0.2, 0.25) is 5.02 Å². The van der Waals surface area contributed by atoms with Crippen molar-refractivity contribution in [3.05, 3.63) is 53.1 Å². The van der Waals surface area contributed by atoms with Crippen molar-refractivity contribution in [2.24, 2.45) is 0 Å². The van der Waals surface area contributed by atoms with Crippen molar-refractivity contribution in [2.75, 3.05) is 24.3 Å². The van der Waals surface area contributed by atoms with E-state index < -0.39 is 17.7 Å². The van der Waals surface area contributed by atoms with E-state index in [-0.39, 0.29) is 6.54 Å². The van der Waals surface area contributed by atoms with Crippen molar-refractivity contribution in [3.8, 4) is 5.75 Å². The zero-order valence-corrected chi connectivity index (χ0v) is 15.0. The predicted octanol–water partition coefficient (Wildman–Crippen LogP) is 2.35. The lowest BCUT2D eigenvalue weighted by atomic mass is 10.2. The molecule has 0 heterocycles. The molecule has 3 amide bonds. The summed E-state index contributed by atoms with van der Waals surface area (Å²) in [7, 11) is 1.48. The highest BCUT2D eigenvalue weighted by atomic mass is 35.5. The van der Waals surface area contributed by atoms with E-state index in [0.29, 0.717) is 22.1 Å². The van der Waals surface area contributed by atoms with Gasteiger partial charge in [0.1, 0.15) is 5.75 Å². The minimum absolute atomic E-state index is 0.340. The standard InChI is InChI=1S/C18H18ClN3O4/c1-11-3-5-12(6-4-11)22-18(25)17(24)20-10-16(23)21-13-7-8-15(26-2)14(19)9-13/h3-9H,10H2,1-2H3,(H,20,24)(H,21,23)(H,22,25). The third kappa shape index (κ3) is 5.49. The average Bonchev–Trinajstić information content (AvgIpc) is 2.61. The molecule has 0 aliphatic heterocycles. The molecular weight excluding hydrogens is 358 g/mol. The third-order valence-corrected chi connectivity index (χ3v) is 3.66. The second-order valence-corrected chi connectivity index (χ2v) is 5.81. The van der Waals surface area contributed by atoms with Gasteiger partial charge in [-0.15, -0.1) is 0 Å². The average molecular weight is 376 g/mol. The number of ether oxygens (including phenoxy) is 1. The van der Waals surface area contributed by atoms with Crippen LogP contribution < -0.4 is 20.7 Å². The highest BCUT2D eigenvalue weighted by Gasteiger charge is 2.15. The van der Waals surface area contributed by atoms with E-state index in [1.165, 1.54) is 13.2 Å². The van der Waals surface area contributed by atoms with Crippen LogP contribution in [0.1, 0.15) is 5.56 Å². The van der Waals surface area contributed by atoms with E-state index in [1.807, 2.05) is 6.92 Å². The lowest BCUT2D eigenvalue weighted by Gasteiger charge is -2.09. The van der Waals surface area contributed by atoms with Gasteiger partial charge in [0.05, 0.1) is 18.7 Å². The molecule has 0 aromatic heterocycles. The topological polar surface area (TPSA) is 96.5 Å². The molecule has 2 aromatic carbocycles. The van der Waals surface area contributed by atoms with Gasteiger partial charge in [-0.3, -0.25) is 14.4 Å². The molecule has 3 N–H and O–H groups in total.